The predicted octanol–water partition coefficient (Wildman–Crippen LogP) is 1.56. The zero-order valence-electron chi connectivity index (χ0n) is 14.0. The van der Waals surface area contributed by atoms with Gasteiger partial charge in [-0.15, -0.1) is 0 Å². The third-order valence-corrected chi connectivity index (χ3v) is 5.81. The third kappa shape index (κ3) is 2.81. The number of fused-ring (bicyclic) bond motifs is 1. The Balaban J connectivity index is 1.53. The minimum Gasteiger partial charge on any atom is -0.354 e. The Kier molecular flexibility index (Phi) is 4.27. The van der Waals surface area contributed by atoms with Gasteiger partial charge in [0.1, 0.15) is 0 Å². The first kappa shape index (κ1) is 15.6. The highest BCUT2D eigenvalue weighted by Gasteiger charge is 2.48. The molecule has 0 radical (unpaired) electrons. The Hall–Kier alpha value is -1.88. The van der Waals surface area contributed by atoms with Crippen LogP contribution < -0.4 is 5.32 Å². The van der Waals surface area contributed by atoms with Crippen LogP contribution in [0.5, 0.6) is 0 Å². The molecular weight excluding hydrogens is 302 g/mol. The van der Waals surface area contributed by atoms with E-state index in [0.717, 1.165) is 19.4 Å². The van der Waals surface area contributed by atoms with Crippen molar-refractivity contribution in [2.45, 2.75) is 37.8 Å². The van der Waals surface area contributed by atoms with E-state index in [0.29, 0.717) is 38.1 Å². The van der Waals surface area contributed by atoms with Crippen LogP contribution in [0.15, 0.2) is 30.3 Å². The standard InChI is InChI=1S/C19H25N3O2/c23-18-8-11-21(12-9-20-18)19(24)15-13-17(14-5-2-1-3-6-14)22-10-4-7-16(15)22/h1-3,5-6,15-17H,4,7-13H2,(H,20,23)/t15-,16+,17-/m0/s1. The van der Waals surface area contributed by atoms with Gasteiger partial charge in [0.05, 0.1) is 5.92 Å². The Morgan fingerprint density at radius 2 is 1.96 bits per heavy atom. The number of carbonyl (C=O) groups excluding carboxylic acids is 2. The fourth-order valence-electron chi connectivity index (χ4n) is 4.66. The zero-order valence-corrected chi connectivity index (χ0v) is 14.0. The first-order chi connectivity index (χ1) is 11.7. The number of amides is 2. The molecular formula is C19H25N3O2. The maximum Gasteiger partial charge on any atom is 0.227 e. The van der Waals surface area contributed by atoms with Crippen molar-refractivity contribution in [1.29, 1.82) is 0 Å². The molecule has 0 saturated carbocycles. The molecule has 0 aromatic heterocycles. The summed E-state index contributed by atoms with van der Waals surface area (Å²) in [5.74, 6) is 0.383. The first-order valence-electron chi connectivity index (χ1n) is 9.10. The number of hydrogen-bond donors (Lipinski definition) is 1. The maximum atomic E-state index is 13.1. The number of nitrogens with zero attached hydrogens (tertiary/aromatic N) is 2. The summed E-state index contributed by atoms with van der Waals surface area (Å²) in [6.45, 7) is 2.87. The van der Waals surface area contributed by atoms with Gasteiger partial charge in [-0.2, -0.15) is 0 Å². The van der Waals surface area contributed by atoms with Crippen molar-refractivity contribution >= 4 is 11.8 Å². The normalized spacial score (nSPS) is 30.8. The van der Waals surface area contributed by atoms with Gasteiger partial charge in [0, 0.05) is 38.1 Å². The number of carbonyl (C=O) groups is 2. The van der Waals surface area contributed by atoms with Crippen molar-refractivity contribution in [1.82, 2.24) is 15.1 Å². The van der Waals surface area contributed by atoms with Gasteiger partial charge in [0.25, 0.3) is 0 Å². The van der Waals surface area contributed by atoms with E-state index in [1.807, 2.05) is 11.0 Å². The van der Waals surface area contributed by atoms with Crippen molar-refractivity contribution in [3.05, 3.63) is 35.9 Å². The van der Waals surface area contributed by atoms with Crippen LogP contribution in [0.4, 0.5) is 0 Å². The fraction of sp³-hybridized carbons (Fsp3) is 0.579. The van der Waals surface area contributed by atoms with Crippen LogP contribution in [0.2, 0.25) is 0 Å². The molecule has 3 saturated heterocycles. The van der Waals surface area contributed by atoms with Crippen molar-refractivity contribution in [2.75, 3.05) is 26.2 Å². The van der Waals surface area contributed by atoms with E-state index in [4.69, 9.17) is 0 Å². The second kappa shape index (κ2) is 6.55. The van der Waals surface area contributed by atoms with E-state index in [1.165, 1.54) is 12.0 Å². The molecule has 3 heterocycles. The van der Waals surface area contributed by atoms with Crippen LogP contribution in [-0.4, -0.2) is 53.8 Å². The molecule has 3 aliphatic heterocycles. The molecule has 1 N–H and O–H groups in total. The van der Waals surface area contributed by atoms with E-state index in [2.05, 4.69) is 34.5 Å². The highest BCUT2D eigenvalue weighted by atomic mass is 16.2. The second-order valence-corrected chi connectivity index (χ2v) is 7.14. The Morgan fingerprint density at radius 3 is 2.79 bits per heavy atom. The highest BCUT2D eigenvalue weighted by Crippen LogP contribution is 2.45. The first-order valence-corrected chi connectivity index (χ1v) is 9.10. The zero-order chi connectivity index (χ0) is 16.5. The van der Waals surface area contributed by atoms with Crippen molar-refractivity contribution in [3.8, 4) is 0 Å². The molecule has 3 fully saturated rings. The number of benzene rings is 1. The van der Waals surface area contributed by atoms with Gasteiger partial charge in [-0.25, -0.2) is 0 Å². The summed E-state index contributed by atoms with van der Waals surface area (Å²) < 4.78 is 0. The molecule has 3 aliphatic rings. The molecule has 0 unspecified atom stereocenters. The van der Waals surface area contributed by atoms with Gasteiger partial charge in [0.15, 0.2) is 0 Å². The van der Waals surface area contributed by atoms with Crippen LogP contribution in [0.25, 0.3) is 0 Å². The van der Waals surface area contributed by atoms with Gasteiger partial charge >= 0.3 is 0 Å². The molecule has 3 atom stereocenters. The number of rotatable bonds is 2. The second-order valence-electron chi connectivity index (χ2n) is 7.14. The fourth-order valence-corrected chi connectivity index (χ4v) is 4.66. The van der Waals surface area contributed by atoms with Crippen LogP contribution in [-0.2, 0) is 9.59 Å². The molecule has 0 bridgehead atoms. The predicted molar refractivity (Wildman–Crippen MR) is 91.2 cm³/mol. The molecule has 24 heavy (non-hydrogen) atoms. The Bertz CT molecular complexity index is 618. The lowest BCUT2D eigenvalue weighted by atomic mass is 9.93. The molecule has 5 nitrogen and oxygen atoms in total. The number of hydrogen-bond acceptors (Lipinski definition) is 3. The minimum absolute atomic E-state index is 0.0568. The summed E-state index contributed by atoms with van der Waals surface area (Å²) in [6, 6.07) is 11.3. The summed E-state index contributed by atoms with van der Waals surface area (Å²) in [6.07, 6.45) is 3.63. The summed E-state index contributed by atoms with van der Waals surface area (Å²) in [5, 5.41) is 2.86. The SMILES string of the molecule is O=C1CCN(C(=O)[C@H]2C[C@@H](c3ccccc3)N3CCC[C@H]23)CCN1. The molecule has 0 spiro atoms. The van der Waals surface area contributed by atoms with Gasteiger partial charge in [-0.1, -0.05) is 30.3 Å². The molecule has 128 valence electrons. The largest absolute Gasteiger partial charge is 0.354 e. The summed E-state index contributed by atoms with van der Waals surface area (Å²) >= 11 is 0. The lowest BCUT2D eigenvalue weighted by molar-refractivity contribution is -0.136. The van der Waals surface area contributed by atoms with Gasteiger partial charge in [-0.05, 0) is 31.4 Å². The van der Waals surface area contributed by atoms with E-state index < -0.39 is 0 Å². The molecule has 1 aromatic carbocycles. The molecule has 4 rings (SSSR count). The van der Waals surface area contributed by atoms with Crippen molar-refractivity contribution < 1.29 is 9.59 Å². The Labute approximate surface area is 143 Å². The van der Waals surface area contributed by atoms with Crippen molar-refractivity contribution in [2.24, 2.45) is 5.92 Å². The van der Waals surface area contributed by atoms with E-state index >= 15 is 0 Å². The average Bonchev–Trinajstić information content (AvgIpc) is 3.14. The third-order valence-electron chi connectivity index (χ3n) is 5.81. The van der Waals surface area contributed by atoms with E-state index in [9.17, 15) is 9.59 Å². The highest BCUT2D eigenvalue weighted by molar-refractivity contribution is 5.82. The summed E-state index contributed by atoms with van der Waals surface area (Å²) in [7, 11) is 0. The van der Waals surface area contributed by atoms with Crippen LogP contribution in [0, 0.1) is 5.92 Å². The molecule has 0 aliphatic carbocycles. The van der Waals surface area contributed by atoms with Crippen LogP contribution in [0.1, 0.15) is 37.3 Å². The summed E-state index contributed by atoms with van der Waals surface area (Å²) in [4.78, 5) is 29.1. The number of nitrogens with one attached hydrogen (secondary N) is 1. The van der Waals surface area contributed by atoms with Gasteiger partial charge < -0.3 is 10.2 Å². The molecule has 1 aromatic rings. The smallest absolute Gasteiger partial charge is 0.227 e. The minimum atomic E-state index is 0.0568. The van der Waals surface area contributed by atoms with Gasteiger partial charge in [-0.3, -0.25) is 14.5 Å². The average molecular weight is 327 g/mol. The molecule has 5 heteroatoms. The summed E-state index contributed by atoms with van der Waals surface area (Å²) in [5.41, 5.74) is 1.33. The topological polar surface area (TPSA) is 52.7 Å². The van der Waals surface area contributed by atoms with Crippen molar-refractivity contribution in [3.63, 3.8) is 0 Å². The van der Waals surface area contributed by atoms with Gasteiger partial charge in [0.2, 0.25) is 11.8 Å². The van der Waals surface area contributed by atoms with E-state index in [1.54, 1.807) is 0 Å². The van der Waals surface area contributed by atoms with Crippen LogP contribution >= 0.6 is 0 Å². The maximum absolute atomic E-state index is 13.1. The lowest BCUT2D eigenvalue weighted by Gasteiger charge is -2.27. The van der Waals surface area contributed by atoms with Crippen LogP contribution in [0.3, 0.4) is 0 Å². The quantitative estimate of drug-likeness (QED) is 0.897. The molecule has 2 amide bonds. The Morgan fingerprint density at radius 1 is 1.12 bits per heavy atom. The monoisotopic (exact) mass is 327 g/mol. The lowest BCUT2D eigenvalue weighted by Crippen LogP contribution is -2.42. The van der Waals surface area contributed by atoms with E-state index in [-0.39, 0.29) is 17.7 Å².